The lowest BCUT2D eigenvalue weighted by molar-refractivity contribution is -0.137. The van der Waals surface area contributed by atoms with Crippen LogP contribution in [0, 0.1) is 6.92 Å². The van der Waals surface area contributed by atoms with E-state index in [2.05, 4.69) is 36.2 Å². The quantitative estimate of drug-likeness (QED) is 0.819. The molecule has 4 heteroatoms. The van der Waals surface area contributed by atoms with Crippen LogP contribution in [0.4, 0.5) is 0 Å². The normalized spacial score (nSPS) is 15.3. The van der Waals surface area contributed by atoms with E-state index in [4.69, 9.17) is 0 Å². The highest BCUT2D eigenvalue weighted by Gasteiger charge is 2.37. The molecule has 1 aromatic heterocycles. The van der Waals surface area contributed by atoms with E-state index in [1.165, 1.54) is 5.56 Å². The molecule has 126 valence electrons. The molecular formula is C20H25N3O. The standard InChI is InChI=1S/C20H25N3O/c1-15-4-6-17(7-5-15)19(22(2)3)20(24)23(18-8-9-18)14-16-10-12-21-13-11-16/h4-7,10-13,18-19H,8-9,14H2,1-3H3. The van der Waals surface area contributed by atoms with Crippen molar-refractivity contribution in [3.63, 3.8) is 0 Å². The Morgan fingerprint density at radius 2 is 1.75 bits per heavy atom. The molecule has 1 unspecified atom stereocenters. The largest absolute Gasteiger partial charge is 0.334 e. The molecule has 1 saturated carbocycles. The van der Waals surface area contributed by atoms with Crippen LogP contribution in [0.25, 0.3) is 0 Å². The molecule has 1 amide bonds. The molecule has 3 rings (SSSR count). The van der Waals surface area contributed by atoms with E-state index in [0.29, 0.717) is 12.6 Å². The third-order valence-electron chi connectivity index (χ3n) is 4.52. The monoisotopic (exact) mass is 323 g/mol. The van der Waals surface area contributed by atoms with Crippen molar-refractivity contribution < 1.29 is 4.79 Å². The van der Waals surface area contributed by atoms with Crippen molar-refractivity contribution in [2.24, 2.45) is 0 Å². The fourth-order valence-electron chi connectivity index (χ4n) is 3.03. The number of carbonyl (C=O) groups excluding carboxylic acids is 1. The maximum absolute atomic E-state index is 13.3. The van der Waals surface area contributed by atoms with Crippen LogP contribution in [0.2, 0.25) is 0 Å². The lowest BCUT2D eigenvalue weighted by Gasteiger charge is -2.31. The maximum Gasteiger partial charge on any atom is 0.245 e. The zero-order valence-electron chi connectivity index (χ0n) is 14.6. The summed E-state index contributed by atoms with van der Waals surface area (Å²) in [6.07, 6.45) is 5.78. The summed E-state index contributed by atoms with van der Waals surface area (Å²) in [5, 5.41) is 0. The predicted molar refractivity (Wildman–Crippen MR) is 95.4 cm³/mol. The van der Waals surface area contributed by atoms with Gasteiger partial charge in [0.2, 0.25) is 5.91 Å². The molecule has 1 fully saturated rings. The number of amides is 1. The average molecular weight is 323 g/mol. The first kappa shape index (κ1) is 16.7. The molecule has 0 radical (unpaired) electrons. The van der Waals surface area contributed by atoms with Crippen molar-refractivity contribution >= 4 is 5.91 Å². The Kier molecular flexibility index (Phi) is 4.95. The number of rotatable bonds is 6. The van der Waals surface area contributed by atoms with E-state index < -0.39 is 0 Å². The second-order valence-corrected chi connectivity index (χ2v) is 6.83. The minimum Gasteiger partial charge on any atom is -0.334 e. The summed E-state index contributed by atoms with van der Waals surface area (Å²) in [6.45, 7) is 2.72. The third-order valence-corrected chi connectivity index (χ3v) is 4.52. The van der Waals surface area contributed by atoms with E-state index >= 15 is 0 Å². The number of likely N-dealkylation sites (N-methyl/N-ethyl adjacent to an activating group) is 1. The smallest absolute Gasteiger partial charge is 0.245 e. The highest BCUT2D eigenvalue weighted by Crippen LogP contribution is 2.32. The molecular weight excluding hydrogens is 298 g/mol. The topological polar surface area (TPSA) is 36.4 Å². The van der Waals surface area contributed by atoms with Crippen LogP contribution in [0.5, 0.6) is 0 Å². The minimum atomic E-state index is -0.243. The van der Waals surface area contributed by atoms with Crippen molar-refractivity contribution in [2.75, 3.05) is 14.1 Å². The molecule has 24 heavy (non-hydrogen) atoms. The van der Waals surface area contributed by atoms with Gasteiger partial charge in [-0.2, -0.15) is 0 Å². The van der Waals surface area contributed by atoms with Gasteiger partial charge in [0.15, 0.2) is 0 Å². The predicted octanol–water partition coefficient (Wildman–Crippen LogP) is 3.18. The van der Waals surface area contributed by atoms with Crippen LogP contribution in [-0.4, -0.2) is 40.8 Å². The Morgan fingerprint density at radius 3 is 2.29 bits per heavy atom. The van der Waals surface area contributed by atoms with Gasteiger partial charge in [-0.3, -0.25) is 14.7 Å². The number of pyridine rings is 1. The first-order valence-electron chi connectivity index (χ1n) is 8.48. The highest BCUT2D eigenvalue weighted by molar-refractivity contribution is 5.84. The van der Waals surface area contributed by atoms with E-state index in [0.717, 1.165) is 24.0 Å². The summed E-state index contributed by atoms with van der Waals surface area (Å²) >= 11 is 0. The van der Waals surface area contributed by atoms with Crippen molar-refractivity contribution in [3.8, 4) is 0 Å². The van der Waals surface area contributed by atoms with Crippen LogP contribution in [-0.2, 0) is 11.3 Å². The van der Waals surface area contributed by atoms with Crippen LogP contribution < -0.4 is 0 Å². The Bertz CT molecular complexity index is 678. The van der Waals surface area contributed by atoms with Gasteiger partial charge in [0.25, 0.3) is 0 Å². The van der Waals surface area contributed by atoms with Crippen LogP contribution >= 0.6 is 0 Å². The first-order valence-corrected chi connectivity index (χ1v) is 8.48. The Hall–Kier alpha value is -2.20. The molecule has 1 aliphatic carbocycles. The van der Waals surface area contributed by atoms with Gasteiger partial charge in [-0.1, -0.05) is 29.8 Å². The van der Waals surface area contributed by atoms with Crippen LogP contribution in [0.15, 0.2) is 48.8 Å². The number of aromatic nitrogens is 1. The second-order valence-electron chi connectivity index (χ2n) is 6.83. The van der Waals surface area contributed by atoms with Gasteiger partial charge in [0.1, 0.15) is 6.04 Å². The molecule has 2 aromatic rings. The van der Waals surface area contributed by atoms with Crippen molar-refractivity contribution in [2.45, 2.75) is 38.4 Å². The Balaban J connectivity index is 1.85. The Labute approximate surface area is 144 Å². The summed E-state index contributed by atoms with van der Waals surface area (Å²) in [4.78, 5) is 21.4. The van der Waals surface area contributed by atoms with Crippen molar-refractivity contribution in [3.05, 3.63) is 65.5 Å². The lowest BCUT2D eigenvalue weighted by atomic mass is 10.0. The fourth-order valence-corrected chi connectivity index (χ4v) is 3.03. The minimum absolute atomic E-state index is 0.183. The molecule has 1 heterocycles. The molecule has 0 N–H and O–H groups in total. The van der Waals surface area contributed by atoms with Gasteiger partial charge in [-0.25, -0.2) is 0 Å². The number of benzene rings is 1. The summed E-state index contributed by atoms with van der Waals surface area (Å²) in [7, 11) is 3.94. The molecule has 4 nitrogen and oxygen atoms in total. The summed E-state index contributed by atoms with van der Waals surface area (Å²) in [5.41, 5.74) is 3.39. The summed E-state index contributed by atoms with van der Waals surface area (Å²) in [5.74, 6) is 0.183. The maximum atomic E-state index is 13.3. The van der Waals surface area contributed by atoms with E-state index in [1.807, 2.05) is 36.0 Å². The molecule has 1 atom stereocenters. The Morgan fingerprint density at radius 1 is 1.12 bits per heavy atom. The SMILES string of the molecule is Cc1ccc(C(C(=O)N(Cc2ccncc2)C2CC2)N(C)C)cc1. The molecule has 0 aliphatic heterocycles. The van der Waals surface area contributed by atoms with Gasteiger partial charge < -0.3 is 4.90 Å². The first-order chi connectivity index (χ1) is 11.6. The van der Waals surface area contributed by atoms with Crippen molar-refractivity contribution in [1.29, 1.82) is 0 Å². The van der Waals surface area contributed by atoms with Gasteiger partial charge in [0.05, 0.1) is 0 Å². The number of hydrogen-bond acceptors (Lipinski definition) is 3. The molecule has 1 aliphatic rings. The van der Waals surface area contributed by atoms with Crippen LogP contribution in [0.1, 0.15) is 35.6 Å². The van der Waals surface area contributed by atoms with E-state index in [9.17, 15) is 4.79 Å². The highest BCUT2D eigenvalue weighted by atomic mass is 16.2. The van der Waals surface area contributed by atoms with Gasteiger partial charge >= 0.3 is 0 Å². The van der Waals surface area contributed by atoms with E-state index in [-0.39, 0.29) is 11.9 Å². The van der Waals surface area contributed by atoms with Gasteiger partial charge in [0, 0.05) is 25.0 Å². The summed E-state index contributed by atoms with van der Waals surface area (Å²) < 4.78 is 0. The molecule has 0 bridgehead atoms. The van der Waals surface area contributed by atoms with Crippen LogP contribution in [0.3, 0.4) is 0 Å². The zero-order valence-corrected chi connectivity index (χ0v) is 14.6. The number of carbonyl (C=O) groups is 1. The van der Waals surface area contributed by atoms with Gasteiger partial charge in [-0.15, -0.1) is 0 Å². The zero-order chi connectivity index (χ0) is 17.1. The van der Waals surface area contributed by atoms with Crippen molar-refractivity contribution in [1.82, 2.24) is 14.8 Å². The second kappa shape index (κ2) is 7.14. The lowest BCUT2D eigenvalue weighted by Crippen LogP contribution is -2.41. The fraction of sp³-hybridized carbons (Fsp3) is 0.400. The van der Waals surface area contributed by atoms with E-state index in [1.54, 1.807) is 12.4 Å². The number of hydrogen-bond donors (Lipinski definition) is 0. The molecule has 0 saturated heterocycles. The molecule has 0 spiro atoms. The number of aryl methyl sites for hydroxylation is 1. The summed E-state index contributed by atoms with van der Waals surface area (Å²) in [6, 6.07) is 12.4. The average Bonchev–Trinajstić information content (AvgIpc) is 3.40. The number of nitrogens with zero attached hydrogens (tertiary/aromatic N) is 3. The third kappa shape index (κ3) is 3.82. The molecule has 1 aromatic carbocycles. The van der Waals surface area contributed by atoms with Gasteiger partial charge in [-0.05, 0) is 57.1 Å².